The van der Waals surface area contributed by atoms with Gasteiger partial charge >= 0.3 is 23.8 Å². The molecular weight excluding hydrogens is 973 g/mol. The standard InChI is InChI=1S/C63H68N4O10/c1-7-8-9-18-40-27-29-41(30-28-40)53-31-42-33-67(61(69)66-59(42)76-53)56-32-54(77-60(68)58(38(4)5)65-63(71)74-35-52-49-25-16-12-21-45(49)46-22-13-17-26-50(46)52)55(75-56)36-72-39(6)57(37(2)3)64-62(70)73-34-51-47-23-14-10-19-43(47)44-20-11-15-24-48(44)51/h10-17,19-31,33,37-39,51-52,54-58H,7-9,18,32,34-36H2,1-6H3,(H,64,70)(H,65,71)/t39?,54?,55-,56-,57?,58?/m1/s1. The summed E-state index contributed by atoms with van der Waals surface area (Å²) >= 11 is 0. The number of carbonyl (C=O) groups excluding carboxylic acids is 3. The molecule has 6 atom stereocenters. The van der Waals surface area contributed by atoms with E-state index in [-0.39, 0.29) is 49.7 Å². The highest BCUT2D eigenvalue weighted by Crippen LogP contribution is 2.46. The third kappa shape index (κ3) is 11.5. The molecule has 14 nitrogen and oxygen atoms in total. The average Bonchev–Trinajstić information content (AvgIpc) is 4.30. The molecule has 0 saturated carbocycles. The minimum absolute atomic E-state index is 0.0623. The lowest BCUT2D eigenvalue weighted by Gasteiger charge is -2.30. The van der Waals surface area contributed by atoms with E-state index in [1.54, 1.807) is 6.20 Å². The Bertz CT molecular complexity index is 3200. The molecule has 400 valence electrons. The van der Waals surface area contributed by atoms with Gasteiger partial charge < -0.3 is 38.7 Å². The first-order valence-electron chi connectivity index (χ1n) is 27.2. The number of hydrogen-bond acceptors (Lipinski definition) is 11. The van der Waals surface area contributed by atoms with Crippen molar-refractivity contribution >= 4 is 29.3 Å². The molecule has 77 heavy (non-hydrogen) atoms. The first kappa shape index (κ1) is 52.9. The average molecular weight is 1040 g/mol. The maximum atomic E-state index is 14.3. The first-order chi connectivity index (χ1) is 37.3. The van der Waals surface area contributed by atoms with Gasteiger partial charge in [0.25, 0.3) is 0 Å². The number of benzene rings is 5. The van der Waals surface area contributed by atoms with Gasteiger partial charge in [0.1, 0.15) is 43.5 Å². The Kier molecular flexibility index (Phi) is 16.0. The quantitative estimate of drug-likeness (QED) is 0.0423. The van der Waals surface area contributed by atoms with Crippen molar-refractivity contribution in [2.45, 2.75) is 122 Å². The highest BCUT2D eigenvalue weighted by molar-refractivity contribution is 5.83. The molecule has 0 radical (unpaired) electrons. The van der Waals surface area contributed by atoms with Crippen LogP contribution in [0.5, 0.6) is 0 Å². The van der Waals surface area contributed by atoms with Crippen LogP contribution in [0, 0.1) is 11.8 Å². The summed E-state index contributed by atoms with van der Waals surface area (Å²) in [5, 5.41) is 6.41. The van der Waals surface area contributed by atoms with Crippen LogP contribution in [-0.2, 0) is 34.9 Å². The second-order valence-electron chi connectivity index (χ2n) is 21.3. The Morgan fingerprint density at radius 3 is 1.77 bits per heavy atom. The molecule has 3 aliphatic rings. The summed E-state index contributed by atoms with van der Waals surface area (Å²) in [6, 6.07) is 41.0. The lowest BCUT2D eigenvalue weighted by molar-refractivity contribution is -0.158. The number of nitrogens with zero attached hydrogens (tertiary/aromatic N) is 2. The molecule has 2 aromatic heterocycles. The molecule has 3 heterocycles. The molecule has 2 amide bonds. The van der Waals surface area contributed by atoms with E-state index in [0.29, 0.717) is 11.1 Å². The lowest BCUT2D eigenvalue weighted by Crippen LogP contribution is -2.49. The van der Waals surface area contributed by atoms with E-state index < -0.39 is 66.4 Å². The highest BCUT2D eigenvalue weighted by atomic mass is 16.6. The van der Waals surface area contributed by atoms with Gasteiger partial charge in [0.05, 0.1) is 24.1 Å². The third-order valence-electron chi connectivity index (χ3n) is 15.4. The fraction of sp³-hybridized carbons (Fsp3) is 0.381. The van der Waals surface area contributed by atoms with Crippen molar-refractivity contribution in [1.82, 2.24) is 20.2 Å². The van der Waals surface area contributed by atoms with Crippen LogP contribution in [0.2, 0.25) is 0 Å². The second-order valence-corrected chi connectivity index (χ2v) is 21.3. The number of esters is 1. The third-order valence-corrected chi connectivity index (χ3v) is 15.4. The Morgan fingerprint density at radius 2 is 1.23 bits per heavy atom. The van der Waals surface area contributed by atoms with Crippen LogP contribution in [0.3, 0.4) is 0 Å². The molecule has 1 fully saturated rings. The van der Waals surface area contributed by atoms with Gasteiger partial charge in [0.15, 0.2) is 0 Å². The van der Waals surface area contributed by atoms with E-state index >= 15 is 0 Å². The fourth-order valence-electron chi connectivity index (χ4n) is 11.3. The number of rotatable bonds is 20. The van der Waals surface area contributed by atoms with E-state index in [4.69, 9.17) is 28.1 Å². The maximum Gasteiger partial charge on any atom is 0.407 e. The summed E-state index contributed by atoms with van der Waals surface area (Å²) in [4.78, 5) is 59.6. The second kappa shape index (κ2) is 23.4. The van der Waals surface area contributed by atoms with Crippen LogP contribution in [-0.4, -0.2) is 77.9 Å². The van der Waals surface area contributed by atoms with Crippen molar-refractivity contribution in [2.75, 3.05) is 19.8 Å². The van der Waals surface area contributed by atoms with Crippen LogP contribution in [0.1, 0.15) is 113 Å². The largest absolute Gasteiger partial charge is 0.458 e. The smallest absolute Gasteiger partial charge is 0.407 e. The summed E-state index contributed by atoms with van der Waals surface area (Å²) in [5.41, 5.74) is 10.5. The number of unbranched alkanes of at least 4 members (excludes halogenated alkanes) is 2. The molecular formula is C63H68N4O10. The zero-order valence-electron chi connectivity index (χ0n) is 44.6. The summed E-state index contributed by atoms with van der Waals surface area (Å²) in [5.74, 6) is -0.878. The molecule has 2 aliphatic carbocycles. The molecule has 5 aromatic carbocycles. The van der Waals surface area contributed by atoms with E-state index in [2.05, 4.69) is 71.1 Å². The van der Waals surface area contributed by atoms with Gasteiger partial charge in [-0.05, 0) is 87.7 Å². The zero-order chi connectivity index (χ0) is 53.7. The first-order valence-corrected chi connectivity index (χ1v) is 27.2. The summed E-state index contributed by atoms with van der Waals surface area (Å²) in [6.45, 7) is 11.8. The van der Waals surface area contributed by atoms with Gasteiger partial charge in [0.2, 0.25) is 5.71 Å². The van der Waals surface area contributed by atoms with Crippen molar-refractivity contribution in [1.29, 1.82) is 0 Å². The number of furan rings is 1. The number of hydrogen-bond donors (Lipinski definition) is 2. The van der Waals surface area contributed by atoms with Crippen LogP contribution in [0.25, 0.3) is 44.7 Å². The molecule has 2 N–H and O–H groups in total. The van der Waals surface area contributed by atoms with E-state index in [9.17, 15) is 19.2 Å². The SMILES string of the molecule is CCCCCc1ccc(-c2cc3cn([C@H]4CC(OC(=O)C(NC(=O)OCC5c6ccccc6-c6ccccc65)C(C)C)[C@@H](COC(C)C(NC(=O)OCC5c6ccccc6-c6ccccc65)C(C)C)O4)c(=O)nc3o2)cc1. The number of fused-ring (bicyclic) bond motifs is 7. The monoisotopic (exact) mass is 1040 g/mol. The fourth-order valence-corrected chi connectivity index (χ4v) is 11.3. The molecule has 14 heteroatoms. The van der Waals surface area contributed by atoms with Gasteiger partial charge in [0, 0.05) is 30.0 Å². The van der Waals surface area contributed by atoms with Gasteiger partial charge in [-0.25, -0.2) is 19.2 Å². The number of carbonyl (C=O) groups is 3. The van der Waals surface area contributed by atoms with Gasteiger partial charge in [-0.2, -0.15) is 4.98 Å². The maximum absolute atomic E-state index is 14.3. The number of aryl methyl sites for hydroxylation is 1. The van der Waals surface area contributed by atoms with Crippen molar-refractivity contribution in [2.24, 2.45) is 11.8 Å². The minimum atomic E-state index is -1.09. The van der Waals surface area contributed by atoms with E-state index in [1.165, 1.54) is 16.6 Å². The number of aromatic nitrogens is 2. The number of alkyl carbamates (subject to hydrolysis) is 2. The van der Waals surface area contributed by atoms with Gasteiger partial charge in [-0.3, -0.25) is 4.57 Å². The zero-order valence-corrected chi connectivity index (χ0v) is 44.6. The minimum Gasteiger partial charge on any atom is -0.458 e. The molecule has 7 aromatic rings. The topological polar surface area (TPSA) is 169 Å². The lowest BCUT2D eigenvalue weighted by atomic mass is 9.98. The van der Waals surface area contributed by atoms with Gasteiger partial charge in [-0.1, -0.05) is 169 Å². The van der Waals surface area contributed by atoms with E-state index in [0.717, 1.165) is 69.3 Å². The Labute approximate surface area is 449 Å². The molecule has 0 bridgehead atoms. The predicted octanol–water partition coefficient (Wildman–Crippen LogP) is 12.1. The Morgan fingerprint density at radius 1 is 0.688 bits per heavy atom. The molecule has 0 spiro atoms. The summed E-state index contributed by atoms with van der Waals surface area (Å²) in [7, 11) is 0. The van der Waals surface area contributed by atoms with Gasteiger partial charge in [-0.15, -0.1) is 0 Å². The summed E-state index contributed by atoms with van der Waals surface area (Å²) < 4.78 is 38.7. The molecule has 10 rings (SSSR count). The number of amides is 2. The van der Waals surface area contributed by atoms with Crippen molar-refractivity contribution in [3.05, 3.63) is 172 Å². The molecule has 1 aliphatic heterocycles. The van der Waals surface area contributed by atoms with Crippen molar-refractivity contribution < 1.29 is 42.5 Å². The normalized spacial score (nSPS) is 17.8. The molecule has 4 unspecified atom stereocenters. The summed E-state index contributed by atoms with van der Waals surface area (Å²) in [6.07, 6.45) is 1.54. The van der Waals surface area contributed by atoms with Crippen LogP contribution < -0.4 is 16.3 Å². The van der Waals surface area contributed by atoms with Crippen molar-refractivity contribution in [3.63, 3.8) is 0 Å². The predicted molar refractivity (Wildman–Crippen MR) is 294 cm³/mol. The van der Waals surface area contributed by atoms with Crippen molar-refractivity contribution in [3.8, 4) is 33.6 Å². The van der Waals surface area contributed by atoms with E-state index in [1.807, 2.05) is 113 Å². The number of nitrogens with one attached hydrogen (secondary N) is 2. The highest BCUT2D eigenvalue weighted by Gasteiger charge is 2.43. The molecule has 1 saturated heterocycles. The Balaban J connectivity index is 0.834. The number of ether oxygens (including phenoxy) is 5. The van der Waals surface area contributed by atoms with Crippen LogP contribution >= 0.6 is 0 Å². The Hall–Kier alpha value is -7.55. The van der Waals surface area contributed by atoms with Crippen LogP contribution in [0.15, 0.2) is 143 Å². The van der Waals surface area contributed by atoms with Crippen LogP contribution in [0.4, 0.5) is 9.59 Å².